The second-order valence-corrected chi connectivity index (χ2v) is 7.82. The summed E-state index contributed by atoms with van der Waals surface area (Å²) in [5.74, 6) is 0.596. The predicted molar refractivity (Wildman–Crippen MR) is 69.0 cm³/mol. The van der Waals surface area contributed by atoms with E-state index in [4.69, 9.17) is 4.74 Å². The molecule has 0 N–H and O–H groups in total. The molecular weight excluding hydrogens is 268 g/mol. The van der Waals surface area contributed by atoms with Crippen molar-refractivity contribution in [2.45, 2.75) is 31.4 Å². The van der Waals surface area contributed by atoms with Crippen molar-refractivity contribution in [3.63, 3.8) is 0 Å². The first-order valence-corrected chi connectivity index (χ1v) is 8.66. The van der Waals surface area contributed by atoms with Crippen LogP contribution < -0.4 is 0 Å². The Hall–Kier alpha value is -0.660. The minimum Gasteiger partial charge on any atom is -0.365 e. The number of ether oxygens (including phenoxy) is 1. The Morgan fingerprint density at radius 1 is 1.32 bits per heavy atom. The summed E-state index contributed by atoms with van der Waals surface area (Å²) >= 11 is 0. The van der Waals surface area contributed by atoms with Gasteiger partial charge in [0.25, 0.3) is 0 Å². The molecule has 6 nitrogen and oxygen atoms in total. The Kier molecular flexibility index (Phi) is 3.31. The lowest BCUT2D eigenvalue weighted by Gasteiger charge is -2.40. The molecule has 0 unspecified atom stereocenters. The van der Waals surface area contributed by atoms with Gasteiger partial charge in [0, 0.05) is 19.6 Å². The van der Waals surface area contributed by atoms with E-state index in [1.54, 1.807) is 0 Å². The summed E-state index contributed by atoms with van der Waals surface area (Å²) in [7, 11) is -3.21. The molecule has 0 radical (unpaired) electrons. The molecule has 1 amide bonds. The summed E-state index contributed by atoms with van der Waals surface area (Å²) in [4.78, 5) is 13.9. The molecule has 0 aromatic carbocycles. The Balaban J connectivity index is 1.74. The number of sulfonamides is 1. The average Bonchev–Trinajstić information content (AvgIpc) is 2.69. The molecule has 2 saturated heterocycles. The van der Waals surface area contributed by atoms with E-state index >= 15 is 0 Å². The van der Waals surface area contributed by atoms with Crippen molar-refractivity contribution in [1.29, 1.82) is 0 Å². The maximum absolute atomic E-state index is 12.0. The van der Waals surface area contributed by atoms with E-state index in [1.807, 2.05) is 4.90 Å². The molecule has 7 heteroatoms. The van der Waals surface area contributed by atoms with Gasteiger partial charge in [-0.1, -0.05) is 6.42 Å². The van der Waals surface area contributed by atoms with Crippen LogP contribution in [0.3, 0.4) is 0 Å². The van der Waals surface area contributed by atoms with Gasteiger partial charge in [-0.05, 0) is 18.8 Å². The zero-order valence-corrected chi connectivity index (χ0v) is 11.9. The van der Waals surface area contributed by atoms with Crippen molar-refractivity contribution in [3.05, 3.63) is 0 Å². The number of morpholine rings is 1. The van der Waals surface area contributed by atoms with Gasteiger partial charge in [-0.2, -0.15) is 4.31 Å². The quantitative estimate of drug-likeness (QED) is 0.712. The zero-order chi connectivity index (χ0) is 13.6. The lowest BCUT2D eigenvalue weighted by atomic mass is 9.84. The van der Waals surface area contributed by atoms with Crippen molar-refractivity contribution in [2.24, 2.45) is 5.92 Å². The van der Waals surface area contributed by atoms with Crippen LogP contribution in [0.1, 0.15) is 19.3 Å². The van der Waals surface area contributed by atoms with Gasteiger partial charge in [0.2, 0.25) is 15.9 Å². The molecule has 3 rings (SSSR count). The minimum atomic E-state index is -3.21. The molecule has 3 fully saturated rings. The van der Waals surface area contributed by atoms with Crippen molar-refractivity contribution in [1.82, 2.24) is 9.21 Å². The van der Waals surface area contributed by atoms with Gasteiger partial charge < -0.3 is 9.64 Å². The van der Waals surface area contributed by atoms with Crippen LogP contribution in [0.25, 0.3) is 0 Å². The Labute approximate surface area is 113 Å². The van der Waals surface area contributed by atoms with Crippen molar-refractivity contribution in [2.75, 3.05) is 32.5 Å². The van der Waals surface area contributed by atoms with E-state index in [0.717, 1.165) is 6.54 Å². The third-order valence-electron chi connectivity index (χ3n) is 4.49. The molecule has 2 atom stereocenters. The maximum atomic E-state index is 12.0. The second kappa shape index (κ2) is 4.71. The van der Waals surface area contributed by atoms with Gasteiger partial charge in [-0.25, -0.2) is 8.42 Å². The largest absolute Gasteiger partial charge is 0.365 e. The minimum absolute atomic E-state index is 0.00324. The van der Waals surface area contributed by atoms with Gasteiger partial charge >= 0.3 is 0 Å². The highest BCUT2D eigenvalue weighted by Gasteiger charge is 2.46. The SMILES string of the molecule is CS(=O)(=O)N1C[C@@H]2OCC(=O)N(CC3CCC3)[C@@H]2C1. The van der Waals surface area contributed by atoms with Gasteiger partial charge in [0.1, 0.15) is 6.61 Å². The van der Waals surface area contributed by atoms with E-state index in [9.17, 15) is 13.2 Å². The summed E-state index contributed by atoms with van der Waals surface area (Å²) in [6, 6.07) is -0.100. The van der Waals surface area contributed by atoms with Crippen LogP contribution in [0, 0.1) is 5.92 Å². The Morgan fingerprint density at radius 3 is 2.63 bits per heavy atom. The molecule has 0 bridgehead atoms. The first-order chi connectivity index (χ1) is 8.95. The predicted octanol–water partition coefficient (Wildman–Crippen LogP) is -0.342. The fourth-order valence-electron chi connectivity index (χ4n) is 3.09. The van der Waals surface area contributed by atoms with Gasteiger partial charge in [0.15, 0.2) is 0 Å². The van der Waals surface area contributed by atoms with E-state index < -0.39 is 10.0 Å². The molecule has 2 heterocycles. The van der Waals surface area contributed by atoms with Crippen molar-refractivity contribution in [3.8, 4) is 0 Å². The second-order valence-electron chi connectivity index (χ2n) is 5.84. The number of hydrogen-bond acceptors (Lipinski definition) is 4. The topological polar surface area (TPSA) is 66.9 Å². The van der Waals surface area contributed by atoms with Crippen molar-refractivity contribution < 1.29 is 17.9 Å². The maximum Gasteiger partial charge on any atom is 0.248 e. The van der Waals surface area contributed by atoms with Crippen LogP contribution in [0.5, 0.6) is 0 Å². The molecule has 0 spiro atoms. The number of fused-ring (bicyclic) bond motifs is 1. The monoisotopic (exact) mass is 288 g/mol. The highest BCUT2D eigenvalue weighted by Crippen LogP contribution is 2.31. The molecule has 1 aliphatic carbocycles. The summed E-state index contributed by atoms with van der Waals surface area (Å²) in [5, 5.41) is 0. The molecule has 3 aliphatic rings. The number of nitrogens with zero attached hydrogens (tertiary/aromatic N) is 2. The average molecular weight is 288 g/mol. The molecule has 1 saturated carbocycles. The fourth-order valence-corrected chi connectivity index (χ4v) is 3.94. The molecule has 2 aliphatic heterocycles. The van der Waals surface area contributed by atoms with E-state index in [-0.39, 0.29) is 24.7 Å². The standard InChI is InChI=1S/C12H20N2O4S/c1-19(16,17)13-6-10-11(7-13)18-8-12(15)14(10)5-9-3-2-4-9/h9-11H,2-8H2,1H3/t10-,11+/m1/s1. The third-order valence-corrected chi connectivity index (χ3v) is 5.73. The van der Waals surface area contributed by atoms with Crippen molar-refractivity contribution >= 4 is 15.9 Å². The lowest BCUT2D eigenvalue weighted by Crippen LogP contribution is -2.55. The van der Waals surface area contributed by atoms with Crippen LogP contribution in [-0.2, 0) is 19.6 Å². The summed E-state index contributed by atoms with van der Waals surface area (Å²) < 4.78 is 30.2. The number of rotatable bonds is 3. The first kappa shape index (κ1) is 13.3. The fraction of sp³-hybridized carbons (Fsp3) is 0.917. The number of hydrogen-bond donors (Lipinski definition) is 0. The molecule has 0 aromatic rings. The smallest absolute Gasteiger partial charge is 0.248 e. The van der Waals surface area contributed by atoms with E-state index in [2.05, 4.69) is 0 Å². The molecule has 0 aromatic heterocycles. The normalized spacial score (nSPS) is 33.3. The Bertz CT molecular complexity index is 474. The summed E-state index contributed by atoms with van der Waals surface area (Å²) in [5.41, 5.74) is 0. The van der Waals surface area contributed by atoms with Crippen LogP contribution in [0.15, 0.2) is 0 Å². The number of carbonyl (C=O) groups is 1. The molecule has 19 heavy (non-hydrogen) atoms. The molecule has 108 valence electrons. The van der Waals surface area contributed by atoms with Gasteiger partial charge in [0.05, 0.1) is 18.4 Å². The zero-order valence-electron chi connectivity index (χ0n) is 11.1. The Morgan fingerprint density at radius 2 is 2.05 bits per heavy atom. The van der Waals surface area contributed by atoms with E-state index in [0.29, 0.717) is 19.0 Å². The lowest BCUT2D eigenvalue weighted by molar-refractivity contribution is -0.154. The van der Waals surface area contributed by atoms with Crippen LogP contribution >= 0.6 is 0 Å². The highest BCUT2D eigenvalue weighted by atomic mass is 32.2. The first-order valence-electron chi connectivity index (χ1n) is 6.81. The van der Waals surface area contributed by atoms with Crippen LogP contribution in [-0.4, -0.2) is 68.2 Å². The van der Waals surface area contributed by atoms with Gasteiger partial charge in [-0.15, -0.1) is 0 Å². The highest BCUT2D eigenvalue weighted by molar-refractivity contribution is 7.88. The van der Waals surface area contributed by atoms with E-state index in [1.165, 1.54) is 29.8 Å². The number of carbonyl (C=O) groups excluding carboxylic acids is 1. The number of amides is 1. The van der Waals surface area contributed by atoms with Crippen LogP contribution in [0.2, 0.25) is 0 Å². The van der Waals surface area contributed by atoms with Gasteiger partial charge in [-0.3, -0.25) is 4.79 Å². The summed E-state index contributed by atoms with van der Waals surface area (Å²) in [6.07, 6.45) is 4.65. The third kappa shape index (κ3) is 2.51. The molecular formula is C12H20N2O4S. The van der Waals surface area contributed by atoms with Crippen LogP contribution in [0.4, 0.5) is 0 Å². The summed E-state index contributed by atoms with van der Waals surface area (Å²) in [6.45, 7) is 1.60.